The van der Waals surface area contributed by atoms with E-state index in [1.807, 2.05) is 0 Å². The summed E-state index contributed by atoms with van der Waals surface area (Å²) in [6.07, 6.45) is 2.12. The molecule has 0 amide bonds. The van der Waals surface area contributed by atoms with E-state index in [1.165, 1.54) is 10.5 Å². The quantitative estimate of drug-likeness (QED) is 0.618. The first-order valence-electron chi connectivity index (χ1n) is 4.76. The normalized spacial score (nSPS) is 12.9. The highest BCUT2D eigenvalue weighted by molar-refractivity contribution is 8.27. The SMILES string of the molecule is C=S(=C)(C)c1cccc(C(C)(C)C)c1. The molecule has 0 saturated heterocycles. The third-order valence-corrected chi connectivity index (χ3v) is 3.66. The molecule has 0 aliphatic heterocycles. The molecule has 0 bridgehead atoms. The molecule has 0 atom stereocenters. The molecule has 78 valence electrons. The van der Waals surface area contributed by atoms with Gasteiger partial charge in [0, 0.05) is 0 Å². The van der Waals surface area contributed by atoms with Gasteiger partial charge in [-0.3, -0.25) is 0 Å². The lowest BCUT2D eigenvalue weighted by atomic mass is 9.87. The topological polar surface area (TPSA) is 0 Å². The minimum atomic E-state index is -1.09. The molecule has 0 radical (unpaired) electrons. The third kappa shape index (κ3) is 2.65. The maximum absolute atomic E-state index is 4.14. The van der Waals surface area contributed by atoms with Crippen LogP contribution in [0, 0.1) is 0 Å². The fraction of sp³-hybridized carbons (Fsp3) is 0.385. The minimum absolute atomic E-state index is 0.209. The number of hydrogen-bond donors (Lipinski definition) is 0. The first-order chi connectivity index (χ1) is 6.21. The van der Waals surface area contributed by atoms with Gasteiger partial charge in [0.15, 0.2) is 0 Å². The molecule has 1 aromatic carbocycles. The molecule has 0 heterocycles. The Kier molecular flexibility index (Phi) is 2.82. The Morgan fingerprint density at radius 2 is 1.71 bits per heavy atom. The zero-order valence-corrected chi connectivity index (χ0v) is 10.4. The summed E-state index contributed by atoms with van der Waals surface area (Å²) < 4.78 is 0. The molecule has 0 aromatic heterocycles. The Bertz CT molecular complexity index is 417. The van der Waals surface area contributed by atoms with E-state index >= 15 is 0 Å². The number of rotatable bonds is 1. The second-order valence-electron chi connectivity index (χ2n) is 5.05. The molecular weight excluding hydrogens is 188 g/mol. The van der Waals surface area contributed by atoms with Gasteiger partial charge >= 0.3 is 0 Å². The number of hydrogen-bond acceptors (Lipinski definition) is 0. The molecule has 0 unspecified atom stereocenters. The summed E-state index contributed by atoms with van der Waals surface area (Å²) in [6, 6.07) is 8.66. The van der Waals surface area contributed by atoms with Crippen molar-refractivity contribution in [3.8, 4) is 0 Å². The lowest BCUT2D eigenvalue weighted by Crippen LogP contribution is -2.10. The fourth-order valence-corrected chi connectivity index (χ4v) is 2.09. The van der Waals surface area contributed by atoms with Gasteiger partial charge in [0.25, 0.3) is 0 Å². The van der Waals surface area contributed by atoms with Gasteiger partial charge in [-0.05, 0) is 34.3 Å². The second-order valence-corrected chi connectivity index (χ2v) is 8.07. The van der Waals surface area contributed by atoms with Crippen LogP contribution in [0.15, 0.2) is 29.2 Å². The Balaban J connectivity index is 3.29. The smallest absolute Gasteiger partial charge is 0.00387 e. The number of benzene rings is 1. The van der Waals surface area contributed by atoms with E-state index in [-0.39, 0.29) is 5.41 Å². The van der Waals surface area contributed by atoms with Crippen LogP contribution in [0.5, 0.6) is 0 Å². The summed E-state index contributed by atoms with van der Waals surface area (Å²) in [6.45, 7) is 6.68. The van der Waals surface area contributed by atoms with Gasteiger partial charge in [-0.25, -0.2) is 0 Å². The lowest BCUT2D eigenvalue weighted by Gasteiger charge is -2.20. The van der Waals surface area contributed by atoms with Gasteiger partial charge in [-0.2, -0.15) is 9.21 Å². The van der Waals surface area contributed by atoms with Gasteiger partial charge in [0.1, 0.15) is 0 Å². The van der Waals surface area contributed by atoms with Crippen LogP contribution in [-0.2, 0) is 5.41 Å². The average molecular weight is 208 g/mol. The Morgan fingerprint density at radius 1 is 1.14 bits per heavy atom. The third-order valence-electron chi connectivity index (χ3n) is 2.27. The fourth-order valence-electron chi connectivity index (χ4n) is 1.27. The van der Waals surface area contributed by atoms with E-state index in [0.29, 0.717) is 0 Å². The molecule has 0 fully saturated rings. The second kappa shape index (κ2) is 3.47. The van der Waals surface area contributed by atoms with Gasteiger partial charge in [0.2, 0.25) is 0 Å². The van der Waals surface area contributed by atoms with Crippen LogP contribution in [0.4, 0.5) is 0 Å². The van der Waals surface area contributed by atoms with Crippen molar-refractivity contribution in [2.75, 3.05) is 6.26 Å². The highest BCUT2D eigenvalue weighted by Crippen LogP contribution is 2.31. The maximum Gasteiger partial charge on any atom is -0.00387 e. The zero-order chi connectivity index (χ0) is 11.0. The molecule has 14 heavy (non-hydrogen) atoms. The molecule has 1 heteroatoms. The largest absolute Gasteiger partial charge is 0.190 e. The molecule has 0 spiro atoms. The van der Waals surface area contributed by atoms with Crippen molar-refractivity contribution >= 4 is 20.9 Å². The van der Waals surface area contributed by atoms with Crippen LogP contribution in [0.1, 0.15) is 26.3 Å². The molecule has 0 N–H and O–H groups in total. The van der Waals surface area contributed by atoms with Crippen LogP contribution >= 0.6 is 9.21 Å². The summed E-state index contributed by atoms with van der Waals surface area (Å²) in [7, 11) is -1.09. The summed E-state index contributed by atoms with van der Waals surface area (Å²) in [5.41, 5.74) is 1.57. The van der Waals surface area contributed by atoms with Crippen molar-refractivity contribution in [1.29, 1.82) is 0 Å². The van der Waals surface area contributed by atoms with Gasteiger partial charge in [0.05, 0.1) is 0 Å². The van der Waals surface area contributed by atoms with Crippen LogP contribution in [0.25, 0.3) is 0 Å². The summed E-state index contributed by atoms with van der Waals surface area (Å²) in [5, 5.41) is 0. The van der Waals surface area contributed by atoms with Gasteiger partial charge in [-0.15, -0.1) is 0 Å². The van der Waals surface area contributed by atoms with Crippen molar-refractivity contribution in [2.45, 2.75) is 31.1 Å². The minimum Gasteiger partial charge on any atom is -0.190 e. The van der Waals surface area contributed by atoms with E-state index in [2.05, 4.69) is 63.0 Å². The highest BCUT2D eigenvalue weighted by atomic mass is 32.2. The summed E-state index contributed by atoms with van der Waals surface area (Å²) in [5.74, 6) is 8.27. The molecule has 0 aliphatic carbocycles. The van der Waals surface area contributed by atoms with Crippen molar-refractivity contribution in [3.05, 3.63) is 29.8 Å². The molecule has 1 aromatic rings. The van der Waals surface area contributed by atoms with E-state index in [4.69, 9.17) is 0 Å². The summed E-state index contributed by atoms with van der Waals surface area (Å²) in [4.78, 5) is 1.28. The Morgan fingerprint density at radius 3 is 2.14 bits per heavy atom. The van der Waals surface area contributed by atoms with Crippen LogP contribution in [0.3, 0.4) is 0 Å². The average Bonchev–Trinajstić information content (AvgIpc) is 2.01. The highest BCUT2D eigenvalue weighted by Gasteiger charge is 2.13. The van der Waals surface area contributed by atoms with Crippen LogP contribution in [-0.4, -0.2) is 18.0 Å². The molecule has 0 aliphatic rings. The van der Waals surface area contributed by atoms with Gasteiger partial charge < -0.3 is 0 Å². The summed E-state index contributed by atoms with van der Waals surface area (Å²) >= 11 is 0. The van der Waals surface area contributed by atoms with Crippen molar-refractivity contribution in [3.63, 3.8) is 0 Å². The standard InChI is InChI=1S/C13H20S/c1-13(2,3)11-8-7-9-12(10-11)14(4,5)6/h7-10H,4-5H2,1-3,6H3. The molecule has 0 nitrogen and oxygen atoms in total. The Hall–Kier alpha value is -0.690. The Labute approximate surface area is 88.5 Å². The molecule has 0 saturated carbocycles. The monoisotopic (exact) mass is 208 g/mol. The van der Waals surface area contributed by atoms with E-state index < -0.39 is 9.21 Å². The lowest BCUT2D eigenvalue weighted by molar-refractivity contribution is 0.588. The van der Waals surface area contributed by atoms with E-state index in [0.717, 1.165) is 0 Å². The predicted octanol–water partition coefficient (Wildman–Crippen LogP) is 3.64. The van der Waals surface area contributed by atoms with Crippen molar-refractivity contribution < 1.29 is 0 Å². The van der Waals surface area contributed by atoms with Crippen LogP contribution in [0.2, 0.25) is 0 Å². The first-order valence-corrected chi connectivity index (χ1v) is 7.14. The van der Waals surface area contributed by atoms with E-state index in [9.17, 15) is 0 Å². The predicted molar refractivity (Wildman–Crippen MR) is 71.2 cm³/mol. The maximum atomic E-state index is 4.14. The van der Waals surface area contributed by atoms with Crippen molar-refractivity contribution in [1.82, 2.24) is 0 Å². The van der Waals surface area contributed by atoms with Crippen LogP contribution < -0.4 is 0 Å². The zero-order valence-electron chi connectivity index (χ0n) is 9.63. The molecular formula is C13H20S. The first kappa shape index (κ1) is 11.4. The van der Waals surface area contributed by atoms with Gasteiger partial charge in [-0.1, -0.05) is 44.6 Å². The molecule has 1 rings (SSSR count). The van der Waals surface area contributed by atoms with E-state index in [1.54, 1.807) is 0 Å². The van der Waals surface area contributed by atoms with Crippen molar-refractivity contribution in [2.24, 2.45) is 0 Å².